The predicted octanol–water partition coefficient (Wildman–Crippen LogP) is 3.23. The second kappa shape index (κ2) is 8.56. The Morgan fingerprint density at radius 3 is 2.40 bits per heavy atom. The van der Waals surface area contributed by atoms with E-state index in [1.807, 2.05) is 6.92 Å². The molecule has 2 N–H and O–H groups in total. The zero-order chi connectivity index (χ0) is 18.4. The minimum atomic E-state index is -0.888. The van der Waals surface area contributed by atoms with Crippen LogP contribution in [0.15, 0.2) is 24.3 Å². The summed E-state index contributed by atoms with van der Waals surface area (Å²) in [5.74, 6) is 0.830. The second-order valence-corrected chi connectivity index (χ2v) is 7.82. The average Bonchev–Trinajstić information content (AvgIpc) is 2.58. The van der Waals surface area contributed by atoms with Crippen LogP contribution in [0.3, 0.4) is 0 Å². The van der Waals surface area contributed by atoms with Gasteiger partial charge < -0.3 is 20.2 Å². The van der Waals surface area contributed by atoms with Gasteiger partial charge in [0.25, 0.3) is 0 Å². The molecule has 1 aromatic carbocycles. The van der Waals surface area contributed by atoms with Crippen molar-refractivity contribution in [2.45, 2.75) is 52.7 Å². The van der Waals surface area contributed by atoms with E-state index in [0.717, 1.165) is 24.6 Å². The average molecular weight is 348 g/mol. The number of rotatable bonds is 6. The number of likely N-dealkylation sites (N-methyl/N-ethyl adjacent to an activating group) is 1. The maximum absolute atomic E-state index is 12.3. The number of nitrogens with zero attached hydrogens (tertiary/aromatic N) is 2. The lowest BCUT2D eigenvalue weighted by Crippen LogP contribution is -2.46. The van der Waals surface area contributed by atoms with Gasteiger partial charge in [0.05, 0.1) is 12.1 Å². The van der Waals surface area contributed by atoms with E-state index < -0.39 is 5.60 Å². The van der Waals surface area contributed by atoms with Gasteiger partial charge in [-0.05, 0) is 57.2 Å². The van der Waals surface area contributed by atoms with Gasteiger partial charge in [0.15, 0.2) is 0 Å². The summed E-state index contributed by atoms with van der Waals surface area (Å²) in [7, 11) is 0. The monoisotopic (exact) mass is 347 g/mol. The molecule has 5 heteroatoms. The Morgan fingerprint density at radius 1 is 1.28 bits per heavy atom. The second-order valence-electron chi connectivity index (χ2n) is 7.82. The molecule has 0 aromatic heterocycles. The fraction of sp³-hybridized carbons (Fsp3) is 0.650. The molecule has 0 unspecified atom stereocenters. The van der Waals surface area contributed by atoms with E-state index in [4.69, 9.17) is 0 Å². The van der Waals surface area contributed by atoms with Crippen molar-refractivity contribution in [2.75, 3.05) is 31.1 Å². The molecule has 2 rings (SSSR count). The van der Waals surface area contributed by atoms with E-state index in [9.17, 15) is 9.90 Å². The number of amides is 2. The topological polar surface area (TPSA) is 55.8 Å². The highest BCUT2D eigenvalue weighted by Gasteiger charge is 2.21. The minimum absolute atomic E-state index is 0.140. The molecule has 0 bridgehead atoms. The summed E-state index contributed by atoms with van der Waals surface area (Å²) in [6, 6.07) is 8.32. The number of nitrogens with one attached hydrogen (secondary N) is 1. The summed E-state index contributed by atoms with van der Waals surface area (Å²) in [6.45, 7) is 11.3. The van der Waals surface area contributed by atoms with Gasteiger partial charge in [0.1, 0.15) is 0 Å². The van der Waals surface area contributed by atoms with Crippen molar-refractivity contribution in [1.82, 2.24) is 10.2 Å². The normalized spacial score (nSPS) is 16.0. The third-order valence-corrected chi connectivity index (χ3v) is 4.78. The Balaban J connectivity index is 1.85. The Kier molecular flexibility index (Phi) is 6.71. The molecule has 1 aliphatic heterocycles. The number of benzene rings is 1. The maximum atomic E-state index is 12.3. The lowest BCUT2D eigenvalue weighted by molar-refractivity contribution is 0.0480. The van der Waals surface area contributed by atoms with Gasteiger partial charge >= 0.3 is 6.03 Å². The number of hydrogen-bond donors (Lipinski definition) is 2. The first-order valence-electron chi connectivity index (χ1n) is 9.37. The number of hydrogen-bond acceptors (Lipinski definition) is 3. The first-order valence-corrected chi connectivity index (χ1v) is 9.37. The molecule has 1 fully saturated rings. The van der Waals surface area contributed by atoms with Crippen LogP contribution in [-0.2, 0) is 6.54 Å². The molecule has 25 heavy (non-hydrogen) atoms. The van der Waals surface area contributed by atoms with Crippen molar-refractivity contribution in [2.24, 2.45) is 5.92 Å². The van der Waals surface area contributed by atoms with Crippen LogP contribution in [-0.4, -0.2) is 47.8 Å². The molecule has 0 atom stereocenters. The molecule has 1 heterocycles. The standard InChI is InChI=1S/C20H33N3O2/c1-5-22(15-20(3,4)25)19(24)21-14-17-6-8-18(9-7-17)23-12-10-16(2)11-13-23/h6-9,16,25H,5,10-15H2,1-4H3,(H,21,24). The largest absolute Gasteiger partial charge is 0.389 e. The van der Waals surface area contributed by atoms with Gasteiger partial charge in [0.2, 0.25) is 0 Å². The highest BCUT2D eigenvalue weighted by atomic mass is 16.3. The van der Waals surface area contributed by atoms with Crippen LogP contribution in [0.5, 0.6) is 0 Å². The maximum Gasteiger partial charge on any atom is 0.317 e. The minimum Gasteiger partial charge on any atom is -0.389 e. The van der Waals surface area contributed by atoms with Crippen molar-refractivity contribution >= 4 is 11.7 Å². The molecule has 0 spiro atoms. The van der Waals surface area contributed by atoms with Crippen molar-refractivity contribution in [3.63, 3.8) is 0 Å². The van der Waals surface area contributed by atoms with E-state index >= 15 is 0 Å². The first kappa shape index (κ1) is 19.6. The Labute approximate surface area is 152 Å². The molecule has 1 aliphatic rings. The van der Waals surface area contributed by atoms with Gasteiger partial charge in [-0.25, -0.2) is 4.79 Å². The zero-order valence-corrected chi connectivity index (χ0v) is 16.1. The number of piperidine rings is 1. The molecule has 1 saturated heterocycles. The lowest BCUT2D eigenvalue weighted by atomic mass is 9.99. The SMILES string of the molecule is CCN(CC(C)(C)O)C(=O)NCc1ccc(N2CCC(C)CC2)cc1. The molecule has 0 aliphatic carbocycles. The van der Waals surface area contributed by atoms with E-state index in [-0.39, 0.29) is 6.03 Å². The van der Waals surface area contributed by atoms with Gasteiger partial charge in [-0.2, -0.15) is 0 Å². The molecule has 140 valence electrons. The number of aliphatic hydroxyl groups is 1. The number of anilines is 1. The first-order chi connectivity index (χ1) is 11.8. The summed E-state index contributed by atoms with van der Waals surface area (Å²) < 4.78 is 0. The van der Waals surface area contributed by atoms with Crippen LogP contribution < -0.4 is 10.2 Å². The van der Waals surface area contributed by atoms with Crippen molar-refractivity contribution < 1.29 is 9.90 Å². The van der Waals surface area contributed by atoms with Crippen LogP contribution in [0.1, 0.15) is 46.1 Å². The smallest absolute Gasteiger partial charge is 0.317 e. The molecule has 0 radical (unpaired) electrons. The van der Waals surface area contributed by atoms with Crippen LogP contribution >= 0.6 is 0 Å². The Bertz CT molecular complexity index is 543. The van der Waals surface area contributed by atoms with Crippen molar-refractivity contribution in [1.29, 1.82) is 0 Å². The summed E-state index contributed by atoms with van der Waals surface area (Å²) in [6.07, 6.45) is 2.51. The van der Waals surface area contributed by atoms with Gasteiger partial charge in [0, 0.05) is 31.9 Å². The number of urea groups is 1. The summed E-state index contributed by atoms with van der Waals surface area (Å²) in [5.41, 5.74) is 1.46. The molecule has 1 aromatic rings. The van der Waals surface area contributed by atoms with Crippen molar-refractivity contribution in [3.8, 4) is 0 Å². The van der Waals surface area contributed by atoms with E-state index in [0.29, 0.717) is 19.6 Å². The van der Waals surface area contributed by atoms with Gasteiger partial charge in [-0.3, -0.25) is 0 Å². The van der Waals surface area contributed by atoms with Crippen LogP contribution in [0.4, 0.5) is 10.5 Å². The molecule has 0 saturated carbocycles. The van der Waals surface area contributed by atoms with E-state index in [2.05, 4.69) is 41.4 Å². The quantitative estimate of drug-likeness (QED) is 0.831. The van der Waals surface area contributed by atoms with E-state index in [1.165, 1.54) is 18.5 Å². The Hall–Kier alpha value is -1.75. The molecule has 5 nitrogen and oxygen atoms in total. The molecule has 2 amide bonds. The van der Waals surface area contributed by atoms with Crippen LogP contribution in [0, 0.1) is 5.92 Å². The zero-order valence-electron chi connectivity index (χ0n) is 16.1. The third-order valence-electron chi connectivity index (χ3n) is 4.78. The summed E-state index contributed by atoms with van der Waals surface area (Å²) >= 11 is 0. The fourth-order valence-electron chi connectivity index (χ4n) is 3.18. The van der Waals surface area contributed by atoms with E-state index in [1.54, 1.807) is 18.7 Å². The number of carbonyl (C=O) groups is 1. The van der Waals surface area contributed by atoms with Crippen LogP contribution in [0.2, 0.25) is 0 Å². The highest BCUT2D eigenvalue weighted by Crippen LogP contribution is 2.23. The molecular formula is C20H33N3O2. The van der Waals surface area contributed by atoms with Gasteiger partial charge in [-0.1, -0.05) is 19.1 Å². The number of carbonyl (C=O) groups excluding carboxylic acids is 1. The van der Waals surface area contributed by atoms with Gasteiger partial charge in [-0.15, -0.1) is 0 Å². The van der Waals surface area contributed by atoms with Crippen molar-refractivity contribution in [3.05, 3.63) is 29.8 Å². The third kappa shape index (κ3) is 6.24. The van der Waals surface area contributed by atoms with Crippen LogP contribution in [0.25, 0.3) is 0 Å². The predicted molar refractivity (Wildman–Crippen MR) is 103 cm³/mol. The highest BCUT2D eigenvalue weighted by molar-refractivity contribution is 5.74. The molecular weight excluding hydrogens is 314 g/mol. The lowest BCUT2D eigenvalue weighted by Gasteiger charge is -2.32. The summed E-state index contributed by atoms with van der Waals surface area (Å²) in [5, 5.41) is 12.8. The fourth-order valence-corrected chi connectivity index (χ4v) is 3.18. The Morgan fingerprint density at radius 2 is 1.88 bits per heavy atom. The summed E-state index contributed by atoms with van der Waals surface area (Å²) in [4.78, 5) is 16.3.